The number of nitrogens with zero attached hydrogens (tertiary/aromatic N) is 4. The van der Waals surface area contributed by atoms with Crippen LogP contribution in [0.1, 0.15) is 46.1 Å². The van der Waals surface area contributed by atoms with Crippen LogP contribution in [-0.4, -0.2) is 44.8 Å². The van der Waals surface area contributed by atoms with Crippen molar-refractivity contribution in [3.8, 4) is 5.75 Å². The van der Waals surface area contributed by atoms with E-state index in [1.165, 1.54) is 5.56 Å². The zero-order valence-corrected chi connectivity index (χ0v) is 18.4. The van der Waals surface area contributed by atoms with E-state index in [1.54, 1.807) is 6.08 Å². The number of carbonyl (C=O) groups excluding carboxylic acids is 1. The Kier molecular flexibility index (Phi) is 5.69. The van der Waals surface area contributed by atoms with Gasteiger partial charge < -0.3 is 4.74 Å². The number of aryl methyl sites for hydroxylation is 1. The van der Waals surface area contributed by atoms with E-state index in [0.29, 0.717) is 6.04 Å². The Morgan fingerprint density at radius 2 is 2.17 bits per heavy atom. The van der Waals surface area contributed by atoms with Gasteiger partial charge in [0.05, 0.1) is 23.5 Å². The highest BCUT2D eigenvalue weighted by Gasteiger charge is 2.46. The van der Waals surface area contributed by atoms with Crippen molar-refractivity contribution < 1.29 is 9.53 Å². The van der Waals surface area contributed by atoms with Crippen LogP contribution in [0.4, 0.5) is 5.69 Å². The van der Waals surface area contributed by atoms with Crippen LogP contribution >= 0.6 is 0 Å². The predicted octanol–water partition coefficient (Wildman–Crippen LogP) is 4.02. The quantitative estimate of drug-likeness (QED) is 0.725. The number of hydrogen-bond donors (Lipinski definition) is 0. The third-order valence-corrected chi connectivity index (χ3v) is 6.16. The molecule has 6 nitrogen and oxygen atoms in total. The molecule has 1 saturated heterocycles. The van der Waals surface area contributed by atoms with Gasteiger partial charge >= 0.3 is 0 Å². The fraction of sp³-hybridized carbons (Fsp3) is 0.500. The Bertz CT molecular complexity index is 935. The molecule has 0 unspecified atom stereocenters. The van der Waals surface area contributed by atoms with E-state index in [2.05, 4.69) is 48.1 Å². The normalized spacial score (nSPS) is 24.4. The summed E-state index contributed by atoms with van der Waals surface area (Å²) in [5.41, 5.74) is 1.90. The molecular formula is C24H32N4O2. The van der Waals surface area contributed by atoms with Gasteiger partial charge in [-0.3, -0.25) is 19.3 Å². The van der Waals surface area contributed by atoms with Gasteiger partial charge in [-0.05, 0) is 58.2 Å². The minimum absolute atomic E-state index is 0.0600. The van der Waals surface area contributed by atoms with Gasteiger partial charge in [-0.25, -0.2) is 0 Å². The Labute approximate surface area is 179 Å². The number of aromatic nitrogens is 2. The van der Waals surface area contributed by atoms with Gasteiger partial charge in [0, 0.05) is 37.9 Å². The Hall–Kier alpha value is -2.60. The molecule has 1 aromatic heterocycles. The van der Waals surface area contributed by atoms with Gasteiger partial charge in [-0.2, -0.15) is 5.10 Å². The van der Waals surface area contributed by atoms with E-state index in [-0.39, 0.29) is 17.6 Å². The van der Waals surface area contributed by atoms with Crippen molar-refractivity contribution in [2.24, 2.45) is 0 Å². The van der Waals surface area contributed by atoms with Crippen LogP contribution in [-0.2, 0) is 17.9 Å². The molecule has 30 heavy (non-hydrogen) atoms. The van der Waals surface area contributed by atoms with Crippen LogP contribution in [0.15, 0.2) is 48.8 Å². The standard InChI is InChI=1S/C24H32N4O2/c1-5-27-17-21(15-25-27)28-23(29)9-10-24(28)11-12-26(19(4)14-24)16-20-7-6-8-22(13-20)30-18(2)3/h6-10,13,15,17-19H,5,11-12,14,16H2,1-4H3/t19-,24+/m0/s1. The summed E-state index contributed by atoms with van der Waals surface area (Å²) in [5.74, 6) is 0.983. The van der Waals surface area contributed by atoms with Crippen molar-refractivity contribution in [1.82, 2.24) is 14.7 Å². The number of ether oxygens (including phenoxy) is 1. The van der Waals surface area contributed by atoms with Crippen LogP contribution in [0.25, 0.3) is 0 Å². The van der Waals surface area contributed by atoms with Crippen LogP contribution in [0, 0.1) is 0 Å². The molecule has 6 heteroatoms. The van der Waals surface area contributed by atoms with Gasteiger partial charge in [-0.1, -0.05) is 18.2 Å². The number of benzene rings is 1. The highest BCUT2D eigenvalue weighted by atomic mass is 16.5. The first kappa shape index (κ1) is 20.7. The number of hydrogen-bond acceptors (Lipinski definition) is 4. The van der Waals surface area contributed by atoms with Gasteiger partial charge in [0.1, 0.15) is 5.75 Å². The Morgan fingerprint density at radius 3 is 2.87 bits per heavy atom. The van der Waals surface area contributed by atoms with Crippen molar-refractivity contribution in [1.29, 1.82) is 0 Å². The molecule has 0 N–H and O–H groups in total. The maximum atomic E-state index is 12.7. The summed E-state index contributed by atoms with van der Waals surface area (Å²) in [7, 11) is 0. The summed E-state index contributed by atoms with van der Waals surface area (Å²) in [6, 6.07) is 8.74. The molecule has 1 amide bonds. The number of anilines is 1. The van der Waals surface area contributed by atoms with Crippen molar-refractivity contribution in [2.45, 2.75) is 71.3 Å². The summed E-state index contributed by atoms with van der Waals surface area (Å²) >= 11 is 0. The molecule has 2 atom stereocenters. The van der Waals surface area contributed by atoms with Crippen molar-refractivity contribution >= 4 is 11.6 Å². The summed E-state index contributed by atoms with van der Waals surface area (Å²) in [6.07, 6.45) is 9.64. The van der Waals surface area contributed by atoms with E-state index in [0.717, 1.165) is 43.9 Å². The predicted molar refractivity (Wildman–Crippen MR) is 119 cm³/mol. The van der Waals surface area contributed by atoms with E-state index in [9.17, 15) is 4.79 Å². The lowest BCUT2D eigenvalue weighted by Crippen LogP contribution is -2.56. The lowest BCUT2D eigenvalue weighted by atomic mass is 9.83. The summed E-state index contributed by atoms with van der Waals surface area (Å²) < 4.78 is 7.73. The van der Waals surface area contributed by atoms with Crippen molar-refractivity contribution in [3.63, 3.8) is 0 Å². The smallest absolute Gasteiger partial charge is 0.251 e. The van der Waals surface area contributed by atoms with Crippen molar-refractivity contribution in [3.05, 3.63) is 54.4 Å². The van der Waals surface area contributed by atoms with Gasteiger partial charge in [-0.15, -0.1) is 0 Å². The van der Waals surface area contributed by atoms with E-state index in [4.69, 9.17) is 4.74 Å². The first-order chi connectivity index (χ1) is 14.4. The van der Waals surface area contributed by atoms with Crippen molar-refractivity contribution in [2.75, 3.05) is 11.4 Å². The summed E-state index contributed by atoms with van der Waals surface area (Å²) in [6.45, 7) is 11.0. The first-order valence-electron chi connectivity index (χ1n) is 11.0. The third-order valence-electron chi connectivity index (χ3n) is 6.16. The molecule has 0 bridgehead atoms. The number of rotatable bonds is 6. The summed E-state index contributed by atoms with van der Waals surface area (Å²) in [5, 5.41) is 4.38. The van der Waals surface area contributed by atoms with E-state index < -0.39 is 0 Å². The molecule has 1 fully saturated rings. The molecule has 3 heterocycles. The number of piperidine rings is 1. The lowest BCUT2D eigenvalue weighted by Gasteiger charge is -2.47. The molecule has 1 aromatic carbocycles. The second-order valence-corrected chi connectivity index (χ2v) is 8.75. The van der Waals surface area contributed by atoms with Gasteiger partial charge in [0.15, 0.2) is 0 Å². The van der Waals surface area contributed by atoms with Gasteiger partial charge in [0.25, 0.3) is 5.91 Å². The van der Waals surface area contributed by atoms with Crippen LogP contribution < -0.4 is 9.64 Å². The molecule has 160 valence electrons. The molecule has 2 aliphatic heterocycles. The minimum Gasteiger partial charge on any atom is -0.491 e. The first-order valence-corrected chi connectivity index (χ1v) is 11.0. The van der Waals surface area contributed by atoms with E-state index in [1.807, 2.05) is 41.9 Å². The number of likely N-dealkylation sites (tertiary alicyclic amines) is 1. The maximum absolute atomic E-state index is 12.7. The molecule has 0 saturated carbocycles. The SMILES string of the molecule is CCn1cc(N2C(=O)C=C[C@]23CCN(Cc2cccc(OC(C)C)c2)[C@@H](C)C3)cn1. The monoisotopic (exact) mass is 408 g/mol. The molecule has 0 radical (unpaired) electrons. The van der Waals surface area contributed by atoms with Crippen LogP contribution in [0.3, 0.4) is 0 Å². The van der Waals surface area contributed by atoms with Crippen LogP contribution in [0.2, 0.25) is 0 Å². The molecule has 2 aliphatic rings. The second kappa shape index (κ2) is 8.26. The third kappa shape index (κ3) is 4.01. The fourth-order valence-corrected chi connectivity index (χ4v) is 4.73. The number of amides is 1. The van der Waals surface area contributed by atoms with E-state index >= 15 is 0 Å². The Morgan fingerprint density at radius 1 is 1.33 bits per heavy atom. The largest absolute Gasteiger partial charge is 0.491 e. The Balaban J connectivity index is 1.48. The topological polar surface area (TPSA) is 50.6 Å². The molecular weight excluding hydrogens is 376 g/mol. The fourth-order valence-electron chi connectivity index (χ4n) is 4.73. The maximum Gasteiger partial charge on any atom is 0.251 e. The molecule has 1 spiro atoms. The zero-order chi connectivity index (χ0) is 21.3. The summed E-state index contributed by atoms with van der Waals surface area (Å²) in [4.78, 5) is 17.2. The number of carbonyl (C=O) groups is 1. The minimum atomic E-state index is -0.253. The highest BCUT2D eigenvalue weighted by molar-refractivity contribution is 6.06. The highest BCUT2D eigenvalue weighted by Crippen LogP contribution is 2.40. The lowest BCUT2D eigenvalue weighted by molar-refractivity contribution is -0.114. The van der Waals surface area contributed by atoms with Gasteiger partial charge in [0.2, 0.25) is 0 Å². The molecule has 2 aromatic rings. The second-order valence-electron chi connectivity index (χ2n) is 8.75. The van der Waals surface area contributed by atoms with Crippen LogP contribution in [0.5, 0.6) is 5.75 Å². The molecule has 0 aliphatic carbocycles. The molecule has 4 rings (SSSR count). The average molecular weight is 409 g/mol. The zero-order valence-electron chi connectivity index (χ0n) is 18.4. The average Bonchev–Trinajstić information content (AvgIpc) is 3.28.